The maximum atomic E-state index is 12.9. The van der Waals surface area contributed by atoms with Gasteiger partial charge in [-0.3, -0.25) is 14.4 Å². The monoisotopic (exact) mass is 933 g/mol. The lowest BCUT2D eigenvalue weighted by atomic mass is 10.0. The van der Waals surface area contributed by atoms with Gasteiger partial charge in [-0.25, -0.2) is 0 Å². The number of hydrogen-bond donors (Lipinski definition) is 0. The maximum absolute atomic E-state index is 12.9. The first-order valence-electron chi connectivity index (χ1n) is 29.9. The lowest BCUT2D eigenvalue weighted by Crippen LogP contribution is -2.30. The molecule has 0 aliphatic rings. The van der Waals surface area contributed by atoms with E-state index in [-0.39, 0.29) is 31.1 Å². The van der Waals surface area contributed by atoms with Gasteiger partial charge in [0.2, 0.25) is 0 Å². The minimum absolute atomic E-state index is 0.0616. The average Bonchev–Trinajstić information content (AvgIpc) is 3.30. The quantitative estimate of drug-likeness (QED) is 0.0343. The molecule has 0 saturated heterocycles. The van der Waals surface area contributed by atoms with Crippen LogP contribution >= 0.6 is 0 Å². The number of unbranched alkanes of at least 4 members (excludes halogenated alkanes) is 42. The number of ether oxygens (including phenoxy) is 3. The third-order valence-corrected chi connectivity index (χ3v) is 13.8. The highest BCUT2D eigenvalue weighted by Crippen LogP contribution is 2.18. The van der Waals surface area contributed by atoms with Crippen LogP contribution in [-0.4, -0.2) is 37.2 Å². The molecule has 1 atom stereocenters. The molecule has 0 aromatic heterocycles. The third kappa shape index (κ3) is 53.4. The van der Waals surface area contributed by atoms with Crippen LogP contribution in [0.15, 0.2) is 0 Å². The molecule has 0 aromatic rings. The van der Waals surface area contributed by atoms with Crippen molar-refractivity contribution in [3.8, 4) is 0 Å². The van der Waals surface area contributed by atoms with Gasteiger partial charge in [-0.15, -0.1) is 0 Å². The summed E-state index contributed by atoms with van der Waals surface area (Å²) in [6.45, 7) is 9.07. The van der Waals surface area contributed by atoms with Crippen LogP contribution in [0.2, 0.25) is 0 Å². The Morgan fingerprint density at radius 1 is 0.288 bits per heavy atom. The first-order chi connectivity index (χ1) is 32.4. The Bertz CT molecular complexity index is 996. The van der Waals surface area contributed by atoms with Gasteiger partial charge < -0.3 is 14.2 Å². The van der Waals surface area contributed by atoms with Crippen molar-refractivity contribution in [2.75, 3.05) is 13.2 Å². The van der Waals surface area contributed by atoms with Crippen molar-refractivity contribution in [3.05, 3.63) is 0 Å². The molecule has 0 heterocycles. The van der Waals surface area contributed by atoms with Crippen molar-refractivity contribution in [3.63, 3.8) is 0 Å². The number of esters is 3. The van der Waals surface area contributed by atoms with E-state index in [2.05, 4.69) is 27.7 Å². The highest BCUT2D eigenvalue weighted by molar-refractivity contribution is 5.71. The predicted octanol–water partition coefficient (Wildman–Crippen LogP) is 19.8. The number of hydrogen-bond acceptors (Lipinski definition) is 6. The summed E-state index contributed by atoms with van der Waals surface area (Å²) in [5.41, 5.74) is 0. The van der Waals surface area contributed by atoms with Crippen LogP contribution in [-0.2, 0) is 28.6 Å². The summed E-state index contributed by atoms with van der Waals surface area (Å²) < 4.78 is 16.9. The van der Waals surface area contributed by atoms with Crippen molar-refractivity contribution in [2.45, 2.75) is 348 Å². The smallest absolute Gasteiger partial charge is 0.306 e. The van der Waals surface area contributed by atoms with Gasteiger partial charge in [-0.05, 0) is 25.2 Å². The van der Waals surface area contributed by atoms with Gasteiger partial charge in [0.1, 0.15) is 13.2 Å². The lowest BCUT2D eigenvalue weighted by Gasteiger charge is -2.18. The summed E-state index contributed by atoms with van der Waals surface area (Å²) in [6, 6.07) is 0. The van der Waals surface area contributed by atoms with Gasteiger partial charge in [-0.2, -0.15) is 0 Å². The van der Waals surface area contributed by atoms with E-state index < -0.39 is 6.10 Å². The van der Waals surface area contributed by atoms with Crippen LogP contribution in [0.5, 0.6) is 0 Å². The van der Waals surface area contributed by atoms with Gasteiger partial charge in [0, 0.05) is 19.3 Å². The fourth-order valence-corrected chi connectivity index (χ4v) is 9.28. The minimum atomic E-state index is -0.762. The van der Waals surface area contributed by atoms with Crippen LogP contribution in [0.1, 0.15) is 342 Å². The molecule has 0 spiro atoms. The van der Waals surface area contributed by atoms with Crippen molar-refractivity contribution in [2.24, 2.45) is 5.92 Å². The molecule has 66 heavy (non-hydrogen) atoms. The molecule has 0 amide bonds. The van der Waals surface area contributed by atoms with Gasteiger partial charge >= 0.3 is 17.9 Å². The summed E-state index contributed by atoms with van der Waals surface area (Å²) in [7, 11) is 0. The summed E-state index contributed by atoms with van der Waals surface area (Å²) >= 11 is 0. The van der Waals surface area contributed by atoms with Gasteiger partial charge in [-0.1, -0.05) is 304 Å². The van der Waals surface area contributed by atoms with Gasteiger partial charge in [0.15, 0.2) is 6.10 Å². The van der Waals surface area contributed by atoms with Crippen LogP contribution in [0.4, 0.5) is 0 Å². The molecule has 392 valence electrons. The summed E-state index contributed by atoms with van der Waals surface area (Å²) in [5.74, 6) is 0.0137. The summed E-state index contributed by atoms with van der Waals surface area (Å²) in [4.78, 5) is 38.1. The average molecular weight is 934 g/mol. The molecule has 0 N–H and O–H groups in total. The highest BCUT2D eigenvalue weighted by atomic mass is 16.6. The minimum Gasteiger partial charge on any atom is -0.462 e. The van der Waals surface area contributed by atoms with E-state index in [4.69, 9.17) is 14.2 Å². The van der Waals surface area contributed by atoms with E-state index >= 15 is 0 Å². The second-order valence-electron chi connectivity index (χ2n) is 21.1. The molecule has 0 aliphatic carbocycles. The Hall–Kier alpha value is -1.59. The van der Waals surface area contributed by atoms with Gasteiger partial charge in [0.25, 0.3) is 0 Å². The van der Waals surface area contributed by atoms with Crippen molar-refractivity contribution in [1.82, 2.24) is 0 Å². The topological polar surface area (TPSA) is 78.9 Å². The van der Waals surface area contributed by atoms with E-state index in [0.29, 0.717) is 19.3 Å². The predicted molar refractivity (Wildman–Crippen MR) is 284 cm³/mol. The Morgan fingerprint density at radius 2 is 0.500 bits per heavy atom. The first-order valence-corrected chi connectivity index (χ1v) is 29.9. The fraction of sp³-hybridized carbons (Fsp3) is 0.950. The Kier molecular flexibility index (Phi) is 53.0. The largest absolute Gasteiger partial charge is 0.462 e. The zero-order valence-electron chi connectivity index (χ0n) is 45.2. The molecule has 0 unspecified atom stereocenters. The zero-order valence-corrected chi connectivity index (χ0v) is 45.2. The molecule has 0 bridgehead atoms. The van der Waals surface area contributed by atoms with Crippen molar-refractivity contribution in [1.29, 1.82) is 0 Å². The van der Waals surface area contributed by atoms with E-state index in [9.17, 15) is 14.4 Å². The normalized spacial score (nSPS) is 12.0. The van der Waals surface area contributed by atoms with Crippen LogP contribution in [0.3, 0.4) is 0 Å². The molecule has 0 saturated carbocycles. The van der Waals surface area contributed by atoms with E-state index in [1.807, 2.05) is 0 Å². The standard InChI is InChI=1S/C60H116O6/c1-5-7-9-11-13-15-17-18-19-20-21-22-25-28-32-36-40-44-48-52-59(62)65-55-57(54-64-58(61)51-47-43-39-35-30-16-14-12-10-8-6-2)66-60(63)53-49-45-41-37-33-29-26-23-24-27-31-34-38-42-46-50-56(3)4/h56-57H,5-55H2,1-4H3/t57-/m1/s1. The molecule has 0 rings (SSSR count). The molecule has 0 fully saturated rings. The molecule has 6 nitrogen and oxygen atoms in total. The number of rotatable bonds is 55. The highest BCUT2D eigenvalue weighted by Gasteiger charge is 2.19. The second-order valence-corrected chi connectivity index (χ2v) is 21.1. The van der Waals surface area contributed by atoms with Crippen LogP contribution < -0.4 is 0 Å². The molecule has 0 aliphatic heterocycles. The van der Waals surface area contributed by atoms with Gasteiger partial charge in [0.05, 0.1) is 0 Å². The van der Waals surface area contributed by atoms with E-state index in [1.165, 1.54) is 238 Å². The summed E-state index contributed by atoms with van der Waals surface area (Å²) in [5, 5.41) is 0. The second kappa shape index (κ2) is 54.4. The fourth-order valence-electron chi connectivity index (χ4n) is 9.28. The molecular formula is C60H116O6. The Balaban J connectivity index is 4.24. The van der Waals surface area contributed by atoms with Crippen molar-refractivity contribution < 1.29 is 28.6 Å². The lowest BCUT2D eigenvalue weighted by molar-refractivity contribution is -0.167. The summed E-state index contributed by atoms with van der Waals surface area (Å²) in [6.07, 6.45) is 59.6. The van der Waals surface area contributed by atoms with Crippen LogP contribution in [0, 0.1) is 5.92 Å². The Labute approximate surface area is 412 Å². The number of carbonyl (C=O) groups is 3. The molecular weight excluding hydrogens is 817 g/mol. The van der Waals surface area contributed by atoms with E-state index in [0.717, 1.165) is 63.7 Å². The van der Waals surface area contributed by atoms with Crippen LogP contribution in [0.25, 0.3) is 0 Å². The first kappa shape index (κ1) is 64.4. The molecule has 6 heteroatoms. The van der Waals surface area contributed by atoms with Crippen molar-refractivity contribution >= 4 is 17.9 Å². The third-order valence-electron chi connectivity index (χ3n) is 13.8. The maximum Gasteiger partial charge on any atom is 0.306 e. The zero-order chi connectivity index (χ0) is 48.1. The Morgan fingerprint density at radius 3 is 0.742 bits per heavy atom. The van der Waals surface area contributed by atoms with E-state index in [1.54, 1.807) is 0 Å². The molecule has 0 aromatic carbocycles. The SMILES string of the molecule is CCCCCCCCCCCCCCCCCCCCCC(=O)OC[C@@H](COC(=O)CCCCCCCCCCCCC)OC(=O)CCCCCCCCCCCCCCCCCC(C)C. The molecule has 0 radical (unpaired) electrons. The number of carbonyl (C=O) groups excluding carboxylic acids is 3.